The van der Waals surface area contributed by atoms with Crippen molar-refractivity contribution in [2.45, 2.75) is 58.9 Å². The molecule has 1 heterocycles. The van der Waals surface area contributed by atoms with Crippen molar-refractivity contribution >= 4 is 11.9 Å². The highest BCUT2D eigenvalue weighted by atomic mass is 16.5. The van der Waals surface area contributed by atoms with Gasteiger partial charge in [0, 0.05) is 26.1 Å². The first-order valence-electron chi connectivity index (χ1n) is 10.2. The molecule has 0 saturated carbocycles. The number of aliphatic carboxylic acids is 1. The van der Waals surface area contributed by atoms with E-state index in [9.17, 15) is 9.59 Å². The van der Waals surface area contributed by atoms with E-state index in [-0.39, 0.29) is 18.5 Å². The molecule has 156 valence electrons. The number of likely N-dealkylation sites (tertiary alicyclic amines) is 1. The van der Waals surface area contributed by atoms with Crippen LogP contribution in [0, 0.1) is 6.92 Å². The fraction of sp³-hybridized carbons (Fsp3) is 0.636. The molecular weight excluding hydrogens is 356 g/mol. The van der Waals surface area contributed by atoms with Crippen molar-refractivity contribution in [1.82, 2.24) is 9.80 Å². The average molecular weight is 391 g/mol. The molecule has 0 aromatic heterocycles. The Morgan fingerprint density at radius 1 is 1.29 bits per heavy atom. The lowest BCUT2D eigenvalue weighted by atomic mass is 9.98. The zero-order valence-electron chi connectivity index (χ0n) is 17.6. The quantitative estimate of drug-likeness (QED) is 0.738. The number of carboxylic acids is 1. The molecule has 1 aromatic rings. The van der Waals surface area contributed by atoms with Crippen LogP contribution in [0.25, 0.3) is 0 Å². The van der Waals surface area contributed by atoms with Gasteiger partial charge in [0.15, 0.2) is 0 Å². The molecule has 6 nitrogen and oxygen atoms in total. The molecule has 0 spiro atoms. The van der Waals surface area contributed by atoms with Gasteiger partial charge in [-0.15, -0.1) is 0 Å². The maximum absolute atomic E-state index is 11.8. The Balaban J connectivity index is 1.82. The largest absolute Gasteiger partial charge is 0.492 e. The minimum absolute atomic E-state index is 0.00532. The van der Waals surface area contributed by atoms with Crippen molar-refractivity contribution in [2.24, 2.45) is 0 Å². The van der Waals surface area contributed by atoms with E-state index in [1.54, 1.807) is 0 Å². The van der Waals surface area contributed by atoms with Gasteiger partial charge in [-0.25, -0.2) is 0 Å². The zero-order valence-corrected chi connectivity index (χ0v) is 17.6. The fourth-order valence-corrected chi connectivity index (χ4v) is 4.00. The Bertz CT molecular complexity index is 675. The molecule has 1 N–H and O–H groups in total. The van der Waals surface area contributed by atoms with E-state index in [0.29, 0.717) is 12.5 Å². The van der Waals surface area contributed by atoms with Crippen molar-refractivity contribution in [3.05, 3.63) is 29.3 Å². The summed E-state index contributed by atoms with van der Waals surface area (Å²) < 4.78 is 5.95. The SMILES string of the molecule is CC(=O)N(CC(=O)O)C1CCCN(CCOc2ccc(C(C)C)c(C)c2)CC1. The smallest absolute Gasteiger partial charge is 0.323 e. The summed E-state index contributed by atoms with van der Waals surface area (Å²) in [4.78, 5) is 26.7. The predicted molar refractivity (Wildman–Crippen MR) is 110 cm³/mol. The van der Waals surface area contributed by atoms with Crippen molar-refractivity contribution in [1.29, 1.82) is 0 Å². The number of carboxylic acid groups (broad SMARTS) is 1. The highest BCUT2D eigenvalue weighted by molar-refractivity contribution is 5.79. The predicted octanol–water partition coefficient (Wildman–Crippen LogP) is 3.28. The van der Waals surface area contributed by atoms with E-state index in [1.165, 1.54) is 23.0 Å². The highest BCUT2D eigenvalue weighted by Crippen LogP contribution is 2.23. The van der Waals surface area contributed by atoms with Gasteiger partial charge in [-0.2, -0.15) is 0 Å². The number of benzene rings is 1. The molecular formula is C22H34N2O4. The van der Waals surface area contributed by atoms with Gasteiger partial charge in [-0.3, -0.25) is 14.5 Å². The molecule has 0 radical (unpaired) electrons. The number of rotatable bonds is 8. The van der Waals surface area contributed by atoms with Crippen LogP contribution in [-0.2, 0) is 9.59 Å². The minimum atomic E-state index is -0.955. The van der Waals surface area contributed by atoms with Crippen LogP contribution in [0.4, 0.5) is 0 Å². The summed E-state index contributed by atoms with van der Waals surface area (Å²) >= 11 is 0. The summed E-state index contributed by atoms with van der Waals surface area (Å²) in [6, 6.07) is 6.29. The fourth-order valence-electron chi connectivity index (χ4n) is 4.00. The Kier molecular flexibility index (Phi) is 8.30. The first kappa shape index (κ1) is 22.2. The molecule has 1 amide bonds. The lowest BCUT2D eigenvalue weighted by Crippen LogP contribution is -2.42. The second kappa shape index (κ2) is 10.5. The van der Waals surface area contributed by atoms with Gasteiger partial charge in [0.2, 0.25) is 5.91 Å². The van der Waals surface area contributed by atoms with Crippen LogP contribution < -0.4 is 4.74 Å². The first-order valence-corrected chi connectivity index (χ1v) is 10.2. The number of aryl methyl sites for hydroxylation is 1. The molecule has 1 aliphatic heterocycles. The standard InChI is InChI=1S/C22H34N2O4/c1-16(2)21-8-7-20(14-17(21)3)28-13-12-23-10-5-6-19(9-11-23)24(18(4)25)15-22(26)27/h7-8,14,16,19H,5-6,9-13,15H2,1-4H3,(H,26,27). The molecule has 0 aliphatic carbocycles. The molecule has 1 fully saturated rings. The van der Waals surface area contributed by atoms with Gasteiger partial charge < -0.3 is 14.7 Å². The van der Waals surface area contributed by atoms with Crippen molar-refractivity contribution in [3.63, 3.8) is 0 Å². The Morgan fingerprint density at radius 3 is 2.64 bits per heavy atom. The summed E-state index contributed by atoms with van der Waals surface area (Å²) in [5.41, 5.74) is 2.61. The molecule has 1 aliphatic rings. The summed E-state index contributed by atoms with van der Waals surface area (Å²) in [5, 5.41) is 9.06. The highest BCUT2D eigenvalue weighted by Gasteiger charge is 2.26. The lowest BCUT2D eigenvalue weighted by Gasteiger charge is -2.29. The van der Waals surface area contributed by atoms with E-state index in [0.717, 1.165) is 44.6 Å². The maximum atomic E-state index is 11.8. The lowest BCUT2D eigenvalue weighted by molar-refractivity contribution is -0.145. The Morgan fingerprint density at radius 2 is 2.04 bits per heavy atom. The summed E-state index contributed by atoms with van der Waals surface area (Å²) in [5.74, 6) is 0.293. The molecule has 2 rings (SSSR count). The van der Waals surface area contributed by atoms with Crippen LogP contribution in [0.1, 0.15) is 57.1 Å². The number of carbonyl (C=O) groups excluding carboxylic acids is 1. The van der Waals surface area contributed by atoms with Crippen LogP contribution in [0.3, 0.4) is 0 Å². The molecule has 1 saturated heterocycles. The number of amides is 1. The molecule has 0 bridgehead atoms. The van der Waals surface area contributed by atoms with E-state index >= 15 is 0 Å². The second-order valence-electron chi connectivity index (χ2n) is 7.99. The number of nitrogens with zero attached hydrogens (tertiary/aromatic N) is 2. The van der Waals surface area contributed by atoms with Gasteiger partial charge in [-0.1, -0.05) is 19.9 Å². The molecule has 1 unspecified atom stereocenters. The van der Waals surface area contributed by atoms with E-state index in [1.807, 2.05) is 6.07 Å². The number of ether oxygens (including phenoxy) is 1. The number of hydrogen-bond donors (Lipinski definition) is 1. The molecule has 28 heavy (non-hydrogen) atoms. The first-order chi connectivity index (χ1) is 13.3. The van der Waals surface area contributed by atoms with Crippen LogP contribution in [0.5, 0.6) is 5.75 Å². The third-order valence-electron chi connectivity index (χ3n) is 5.48. The summed E-state index contributed by atoms with van der Waals surface area (Å²) in [6.45, 7) is 11.0. The summed E-state index contributed by atoms with van der Waals surface area (Å²) in [7, 11) is 0. The van der Waals surface area contributed by atoms with Crippen LogP contribution >= 0.6 is 0 Å². The Labute approximate surface area is 168 Å². The minimum Gasteiger partial charge on any atom is -0.492 e. The van der Waals surface area contributed by atoms with Crippen molar-refractivity contribution < 1.29 is 19.4 Å². The van der Waals surface area contributed by atoms with Crippen LogP contribution in [0.2, 0.25) is 0 Å². The molecule has 1 atom stereocenters. The van der Waals surface area contributed by atoms with Crippen molar-refractivity contribution in [2.75, 3.05) is 32.8 Å². The van der Waals surface area contributed by atoms with Gasteiger partial charge >= 0.3 is 5.97 Å². The monoisotopic (exact) mass is 390 g/mol. The van der Waals surface area contributed by atoms with E-state index in [4.69, 9.17) is 9.84 Å². The topological polar surface area (TPSA) is 70.1 Å². The van der Waals surface area contributed by atoms with Crippen LogP contribution in [0.15, 0.2) is 18.2 Å². The van der Waals surface area contributed by atoms with Crippen LogP contribution in [-0.4, -0.2) is 65.6 Å². The van der Waals surface area contributed by atoms with E-state index in [2.05, 4.69) is 37.8 Å². The third-order valence-corrected chi connectivity index (χ3v) is 5.48. The van der Waals surface area contributed by atoms with E-state index < -0.39 is 5.97 Å². The zero-order chi connectivity index (χ0) is 20.7. The molecule has 1 aromatic carbocycles. The number of carbonyl (C=O) groups is 2. The summed E-state index contributed by atoms with van der Waals surface area (Å²) in [6.07, 6.45) is 2.60. The van der Waals surface area contributed by atoms with Gasteiger partial charge in [0.05, 0.1) is 0 Å². The second-order valence-corrected chi connectivity index (χ2v) is 7.99. The van der Waals surface area contributed by atoms with Gasteiger partial charge in [0.1, 0.15) is 18.9 Å². The average Bonchev–Trinajstić information content (AvgIpc) is 2.84. The van der Waals surface area contributed by atoms with Gasteiger partial charge in [0.25, 0.3) is 0 Å². The Hall–Kier alpha value is -2.08. The number of hydrogen-bond acceptors (Lipinski definition) is 4. The molecule has 6 heteroatoms. The third kappa shape index (κ3) is 6.51. The maximum Gasteiger partial charge on any atom is 0.323 e. The van der Waals surface area contributed by atoms with Gasteiger partial charge in [-0.05, 0) is 61.9 Å². The normalized spacial score (nSPS) is 18.0. The van der Waals surface area contributed by atoms with Crippen molar-refractivity contribution in [3.8, 4) is 5.75 Å².